The lowest BCUT2D eigenvalue weighted by Crippen LogP contribution is -2.27. The van der Waals surface area contributed by atoms with Gasteiger partial charge in [0, 0.05) is 6.54 Å². The summed E-state index contributed by atoms with van der Waals surface area (Å²) in [6, 6.07) is 6.49. The third kappa shape index (κ3) is 3.67. The monoisotopic (exact) mass is 365 g/mol. The predicted octanol–water partition coefficient (Wildman–Crippen LogP) is 2.42. The van der Waals surface area contributed by atoms with Crippen LogP contribution in [-0.2, 0) is 10.0 Å². The van der Waals surface area contributed by atoms with Crippen LogP contribution in [0.5, 0.6) is 0 Å². The molecule has 19 heavy (non-hydrogen) atoms. The van der Waals surface area contributed by atoms with E-state index in [4.69, 9.17) is 4.42 Å². The van der Waals surface area contributed by atoms with E-state index in [1.54, 1.807) is 25.1 Å². The molecule has 0 aliphatic carbocycles. The minimum atomic E-state index is -3.60. The number of aliphatic hydroxyl groups excluding tert-OH is 1. The van der Waals surface area contributed by atoms with Crippen molar-refractivity contribution in [3.05, 3.63) is 39.6 Å². The fourth-order valence-electron chi connectivity index (χ4n) is 1.44. The molecule has 0 amide bonds. The van der Waals surface area contributed by atoms with Gasteiger partial charge in [-0.15, -0.1) is 11.3 Å². The number of hydrogen-bond donors (Lipinski definition) is 2. The molecule has 0 saturated heterocycles. The first kappa shape index (κ1) is 14.7. The molecule has 0 fully saturated rings. The molecule has 8 heteroatoms. The summed E-state index contributed by atoms with van der Waals surface area (Å²) in [5.74, 6) is 1.01. The average molecular weight is 366 g/mol. The third-order valence-corrected chi connectivity index (χ3v) is 5.91. The summed E-state index contributed by atoms with van der Waals surface area (Å²) in [5.41, 5.74) is 0. The van der Waals surface area contributed by atoms with Gasteiger partial charge in [-0.25, -0.2) is 13.1 Å². The highest BCUT2D eigenvalue weighted by atomic mass is 79.9. The Hall–Kier alpha value is -0.670. The topological polar surface area (TPSA) is 79.5 Å². The molecule has 2 N–H and O–H groups in total. The van der Waals surface area contributed by atoms with E-state index in [0.29, 0.717) is 11.5 Å². The van der Waals surface area contributed by atoms with E-state index in [9.17, 15) is 13.5 Å². The SMILES string of the molecule is Cc1ccc(C(O)CNS(=O)(=O)c2ccc(Br)s2)o1. The average Bonchev–Trinajstić information content (AvgIpc) is 2.95. The van der Waals surface area contributed by atoms with Crippen LogP contribution >= 0.6 is 27.3 Å². The molecule has 0 aliphatic rings. The molecule has 2 aromatic heterocycles. The van der Waals surface area contributed by atoms with Crippen LogP contribution in [0.2, 0.25) is 0 Å². The van der Waals surface area contributed by atoms with Crippen molar-refractivity contribution in [3.8, 4) is 0 Å². The summed E-state index contributed by atoms with van der Waals surface area (Å²) < 4.78 is 32.4. The molecule has 104 valence electrons. The van der Waals surface area contributed by atoms with Gasteiger partial charge in [0.25, 0.3) is 0 Å². The third-order valence-electron chi connectivity index (χ3n) is 2.37. The van der Waals surface area contributed by atoms with Crippen LogP contribution in [0.4, 0.5) is 0 Å². The second-order valence-electron chi connectivity index (χ2n) is 3.87. The standard InChI is InChI=1S/C11H12BrNO4S2/c1-7-2-3-9(17-7)8(14)6-13-19(15,16)11-5-4-10(12)18-11/h2-5,8,13-14H,6H2,1H3. The Morgan fingerprint density at radius 2 is 2.16 bits per heavy atom. The molecule has 0 spiro atoms. The molecule has 0 aromatic carbocycles. The zero-order valence-corrected chi connectivity index (χ0v) is 13.2. The normalized spacial score (nSPS) is 13.6. The number of rotatable bonds is 5. The summed E-state index contributed by atoms with van der Waals surface area (Å²) in [5, 5.41) is 9.82. The van der Waals surface area contributed by atoms with Gasteiger partial charge in [-0.1, -0.05) is 0 Å². The number of furan rings is 1. The predicted molar refractivity (Wildman–Crippen MR) is 75.6 cm³/mol. The fraction of sp³-hybridized carbons (Fsp3) is 0.273. The van der Waals surface area contributed by atoms with Crippen molar-refractivity contribution in [1.82, 2.24) is 4.72 Å². The number of thiophene rings is 1. The molecule has 2 aromatic rings. The van der Waals surface area contributed by atoms with Crippen LogP contribution in [0.15, 0.2) is 36.7 Å². The first-order valence-corrected chi connectivity index (χ1v) is 8.47. The number of hydrogen-bond acceptors (Lipinski definition) is 5. The highest BCUT2D eigenvalue weighted by Gasteiger charge is 2.19. The van der Waals surface area contributed by atoms with Crippen LogP contribution < -0.4 is 4.72 Å². The lowest BCUT2D eigenvalue weighted by Gasteiger charge is -2.09. The van der Waals surface area contributed by atoms with Gasteiger partial charge in [0.05, 0.1) is 3.79 Å². The minimum Gasteiger partial charge on any atom is -0.464 e. The largest absolute Gasteiger partial charge is 0.464 e. The lowest BCUT2D eigenvalue weighted by atomic mass is 10.3. The van der Waals surface area contributed by atoms with Gasteiger partial charge in [-0.3, -0.25) is 0 Å². The van der Waals surface area contributed by atoms with Gasteiger partial charge in [-0.05, 0) is 47.1 Å². The Morgan fingerprint density at radius 1 is 1.42 bits per heavy atom. The smallest absolute Gasteiger partial charge is 0.250 e. The molecule has 1 unspecified atom stereocenters. The number of halogens is 1. The molecular weight excluding hydrogens is 354 g/mol. The molecule has 0 saturated carbocycles. The van der Waals surface area contributed by atoms with Crippen molar-refractivity contribution < 1.29 is 17.9 Å². The highest BCUT2D eigenvalue weighted by molar-refractivity contribution is 9.11. The van der Waals surface area contributed by atoms with Crippen LogP contribution in [0, 0.1) is 6.92 Å². The second kappa shape index (κ2) is 5.76. The molecule has 2 heterocycles. The van der Waals surface area contributed by atoms with Gasteiger partial charge < -0.3 is 9.52 Å². The maximum atomic E-state index is 11.9. The summed E-state index contributed by atoms with van der Waals surface area (Å²) in [6.07, 6.45) is -1.01. The Bertz CT molecular complexity index is 662. The lowest BCUT2D eigenvalue weighted by molar-refractivity contribution is 0.152. The van der Waals surface area contributed by atoms with Gasteiger partial charge in [0.15, 0.2) is 0 Å². The Balaban J connectivity index is 2.02. The Labute approximate surface area is 123 Å². The second-order valence-corrected chi connectivity index (χ2v) is 8.33. The van der Waals surface area contributed by atoms with Gasteiger partial charge in [0.1, 0.15) is 21.8 Å². The van der Waals surface area contributed by atoms with Gasteiger partial charge in [0.2, 0.25) is 10.0 Å². The Kier molecular flexibility index (Phi) is 4.46. The number of nitrogens with one attached hydrogen (secondary N) is 1. The van der Waals surface area contributed by atoms with Crippen molar-refractivity contribution in [2.75, 3.05) is 6.54 Å². The van der Waals surface area contributed by atoms with Gasteiger partial charge in [-0.2, -0.15) is 0 Å². The summed E-state index contributed by atoms with van der Waals surface area (Å²) in [7, 11) is -3.60. The molecular formula is C11H12BrNO4S2. The Morgan fingerprint density at radius 3 is 2.68 bits per heavy atom. The molecule has 1 atom stereocenters. The van der Waals surface area contributed by atoms with E-state index in [2.05, 4.69) is 20.7 Å². The molecule has 2 rings (SSSR count). The fourth-order valence-corrected chi connectivity index (χ4v) is 4.53. The molecule has 0 bridgehead atoms. The molecule has 5 nitrogen and oxygen atoms in total. The first-order chi connectivity index (χ1) is 8.88. The number of aryl methyl sites for hydroxylation is 1. The van der Waals surface area contributed by atoms with E-state index in [0.717, 1.165) is 15.1 Å². The van der Waals surface area contributed by atoms with Gasteiger partial charge >= 0.3 is 0 Å². The van der Waals surface area contributed by atoms with Crippen molar-refractivity contribution in [2.24, 2.45) is 0 Å². The quantitative estimate of drug-likeness (QED) is 0.852. The maximum absolute atomic E-state index is 11.9. The molecule has 0 aliphatic heterocycles. The summed E-state index contributed by atoms with van der Waals surface area (Å²) in [6.45, 7) is 1.62. The maximum Gasteiger partial charge on any atom is 0.250 e. The molecule has 0 radical (unpaired) electrons. The minimum absolute atomic E-state index is 0.134. The van der Waals surface area contributed by atoms with Crippen molar-refractivity contribution in [1.29, 1.82) is 0 Å². The highest BCUT2D eigenvalue weighted by Crippen LogP contribution is 2.26. The summed E-state index contributed by atoms with van der Waals surface area (Å²) in [4.78, 5) is 0. The van der Waals surface area contributed by atoms with E-state index < -0.39 is 16.1 Å². The van der Waals surface area contributed by atoms with Crippen molar-refractivity contribution in [3.63, 3.8) is 0 Å². The number of aliphatic hydroxyl groups is 1. The van der Waals surface area contributed by atoms with Crippen LogP contribution in [0.25, 0.3) is 0 Å². The van der Waals surface area contributed by atoms with E-state index in [1.165, 1.54) is 6.07 Å². The van der Waals surface area contributed by atoms with E-state index >= 15 is 0 Å². The first-order valence-electron chi connectivity index (χ1n) is 5.38. The number of sulfonamides is 1. The van der Waals surface area contributed by atoms with E-state index in [-0.39, 0.29) is 10.8 Å². The van der Waals surface area contributed by atoms with Crippen LogP contribution in [0.1, 0.15) is 17.6 Å². The van der Waals surface area contributed by atoms with Crippen LogP contribution in [-0.4, -0.2) is 20.1 Å². The zero-order chi connectivity index (χ0) is 14.0. The summed E-state index contributed by atoms with van der Waals surface area (Å²) >= 11 is 4.31. The van der Waals surface area contributed by atoms with Crippen LogP contribution in [0.3, 0.4) is 0 Å². The van der Waals surface area contributed by atoms with Crippen molar-refractivity contribution >= 4 is 37.3 Å². The van der Waals surface area contributed by atoms with Crippen molar-refractivity contribution in [2.45, 2.75) is 17.2 Å². The zero-order valence-electron chi connectivity index (χ0n) is 9.96. The van der Waals surface area contributed by atoms with E-state index in [1.807, 2.05) is 0 Å².